The second-order valence-corrected chi connectivity index (χ2v) is 3.45. The number of piperazine rings is 1. The van der Waals surface area contributed by atoms with Crippen LogP contribution in [-0.2, 0) is 4.79 Å². The molecule has 1 saturated heterocycles. The molecule has 68 valence electrons. The summed E-state index contributed by atoms with van der Waals surface area (Å²) < 4.78 is 0. The number of nitrogens with zero attached hydrogens (tertiary/aromatic N) is 1. The summed E-state index contributed by atoms with van der Waals surface area (Å²) in [6, 6.07) is 0.132. The lowest BCUT2D eigenvalue weighted by Crippen LogP contribution is -2.57. The first-order valence-electron chi connectivity index (χ1n) is 4.47. The molecule has 0 aromatic rings. The number of rotatable bonds is 2. The fourth-order valence-corrected chi connectivity index (χ4v) is 1.65. The van der Waals surface area contributed by atoms with Crippen molar-refractivity contribution in [3.8, 4) is 0 Å². The highest BCUT2D eigenvalue weighted by Gasteiger charge is 2.37. The molecule has 2 rings (SSSR count). The summed E-state index contributed by atoms with van der Waals surface area (Å²) in [4.78, 5) is 13.4. The van der Waals surface area contributed by atoms with Crippen molar-refractivity contribution in [3.63, 3.8) is 0 Å². The Morgan fingerprint density at radius 1 is 1.58 bits per heavy atom. The molecule has 1 amide bonds. The Labute approximate surface area is 71.5 Å². The molecule has 1 aliphatic carbocycles. The largest absolute Gasteiger partial charge is 0.394 e. The Hall–Kier alpha value is -0.610. The Kier molecular flexibility index (Phi) is 2.02. The Morgan fingerprint density at radius 2 is 2.33 bits per heavy atom. The molecule has 0 aromatic heterocycles. The van der Waals surface area contributed by atoms with Gasteiger partial charge < -0.3 is 15.3 Å². The van der Waals surface area contributed by atoms with Crippen molar-refractivity contribution in [2.45, 2.75) is 24.9 Å². The number of carbonyl (C=O) groups is 1. The molecule has 0 aromatic carbocycles. The maximum absolute atomic E-state index is 11.5. The van der Waals surface area contributed by atoms with E-state index in [2.05, 4.69) is 5.32 Å². The predicted octanol–water partition coefficient (Wildman–Crippen LogP) is -1.06. The van der Waals surface area contributed by atoms with Gasteiger partial charge in [0.1, 0.15) is 6.04 Å². The summed E-state index contributed by atoms with van der Waals surface area (Å²) in [5.41, 5.74) is 0. The van der Waals surface area contributed by atoms with E-state index in [1.807, 2.05) is 4.90 Å². The molecule has 1 aliphatic heterocycles. The Bertz CT molecular complexity index is 191. The molecule has 1 atom stereocenters. The molecular weight excluding hydrogens is 156 g/mol. The van der Waals surface area contributed by atoms with Crippen molar-refractivity contribution in [1.82, 2.24) is 10.2 Å². The number of nitrogens with one attached hydrogen (secondary N) is 1. The molecule has 0 spiro atoms. The Balaban J connectivity index is 1.99. The van der Waals surface area contributed by atoms with E-state index in [4.69, 9.17) is 5.11 Å². The zero-order valence-corrected chi connectivity index (χ0v) is 6.99. The maximum Gasteiger partial charge on any atom is 0.242 e. The summed E-state index contributed by atoms with van der Waals surface area (Å²) in [6.45, 7) is 1.54. The molecule has 2 aliphatic rings. The van der Waals surface area contributed by atoms with E-state index in [-0.39, 0.29) is 18.6 Å². The van der Waals surface area contributed by atoms with Gasteiger partial charge in [-0.1, -0.05) is 0 Å². The van der Waals surface area contributed by atoms with Gasteiger partial charge in [0.2, 0.25) is 5.91 Å². The van der Waals surface area contributed by atoms with Crippen LogP contribution in [0.2, 0.25) is 0 Å². The van der Waals surface area contributed by atoms with E-state index in [0.29, 0.717) is 6.04 Å². The van der Waals surface area contributed by atoms with E-state index >= 15 is 0 Å². The maximum atomic E-state index is 11.5. The molecule has 1 saturated carbocycles. The molecule has 2 N–H and O–H groups in total. The summed E-state index contributed by atoms with van der Waals surface area (Å²) in [5, 5.41) is 11.9. The standard InChI is InChI=1S/C8H14N2O2/c11-5-7-8(12)10(4-3-9-7)6-1-2-6/h6-7,9,11H,1-5H2. The van der Waals surface area contributed by atoms with Crippen LogP contribution in [0.1, 0.15) is 12.8 Å². The van der Waals surface area contributed by atoms with Gasteiger partial charge in [-0.05, 0) is 12.8 Å². The van der Waals surface area contributed by atoms with Gasteiger partial charge in [0.25, 0.3) is 0 Å². The van der Waals surface area contributed by atoms with E-state index in [0.717, 1.165) is 25.9 Å². The van der Waals surface area contributed by atoms with Gasteiger partial charge in [0.15, 0.2) is 0 Å². The van der Waals surface area contributed by atoms with Crippen molar-refractivity contribution in [1.29, 1.82) is 0 Å². The predicted molar refractivity (Wildman–Crippen MR) is 43.6 cm³/mol. The highest BCUT2D eigenvalue weighted by Crippen LogP contribution is 2.27. The van der Waals surface area contributed by atoms with E-state index < -0.39 is 0 Å². The van der Waals surface area contributed by atoms with Crippen LogP contribution in [0.5, 0.6) is 0 Å². The number of hydrogen-bond donors (Lipinski definition) is 2. The van der Waals surface area contributed by atoms with Crippen molar-refractivity contribution in [2.75, 3.05) is 19.7 Å². The van der Waals surface area contributed by atoms with Gasteiger partial charge in [0.05, 0.1) is 6.61 Å². The zero-order chi connectivity index (χ0) is 8.55. The van der Waals surface area contributed by atoms with Crippen LogP contribution in [0.15, 0.2) is 0 Å². The van der Waals surface area contributed by atoms with Crippen molar-refractivity contribution in [2.24, 2.45) is 0 Å². The summed E-state index contributed by atoms with van der Waals surface area (Å²) in [7, 11) is 0. The second-order valence-electron chi connectivity index (χ2n) is 3.45. The molecule has 0 radical (unpaired) electrons. The average Bonchev–Trinajstić information content (AvgIpc) is 2.88. The van der Waals surface area contributed by atoms with Gasteiger partial charge in [-0.15, -0.1) is 0 Å². The average molecular weight is 170 g/mol. The summed E-state index contributed by atoms with van der Waals surface area (Å²) >= 11 is 0. The first-order valence-corrected chi connectivity index (χ1v) is 4.47. The molecule has 1 heterocycles. The van der Waals surface area contributed by atoms with Crippen molar-refractivity contribution < 1.29 is 9.90 Å². The SMILES string of the molecule is O=C1C(CO)NCCN1C1CC1. The van der Waals surface area contributed by atoms with Gasteiger partial charge in [0, 0.05) is 19.1 Å². The van der Waals surface area contributed by atoms with E-state index in [1.165, 1.54) is 0 Å². The number of aliphatic hydroxyl groups excluding tert-OH is 1. The first-order chi connectivity index (χ1) is 5.83. The lowest BCUT2D eigenvalue weighted by molar-refractivity contribution is -0.137. The molecule has 12 heavy (non-hydrogen) atoms. The van der Waals surface area contributed by atoms with Crippen LogP contribution >= 0.6 is 0 Å². The molecule has 4 nitrogen and oxygen atoms in total. The molecule has 2 fully saturated rings. The van der Waals surface area contributed by atoms with Gasteiger partial charge >= 0.3 is 0 Å². The molecule has 1 unspecified atom stereocenters. The minimum Gasteiger partial charge on any atom is -0.394 e. The third-order valence-electron chi connectivity index (χ3n) is 2.49. The quantitative estimate of drug-likeness (QED) is 0.555. The normalized spacial score (nSPS) is 30.9. The van der Waals surface area contributed by atoms with Crippen molar-refractivity contribution in [3.05, 3.63) is 0 Å². The number of hydrogen-bond acceptors (Lipinski definition) is 3. The van der Waals surface area contributed by atoms with Crippen LogP contribution < -0.4 is 5.32 Å². The second kappa shape index (κ2) is 3.03. The smallest absolute Gasteiger partial charge is 0.242 e. The number of aliphatic hydroxyl groups is 1. The number of carbonyl (C=O) groups excluding carboxylic acids is 1. The topological polar surface area (TPSA) is 52.6 Å². The lowest BCUT2D eigenvalue weighted by atomic mass is 10.2. The fraction of sp³-hybridized carbons (Fsp3) is 0.875. The minimum atomic E-state index is -0.348. The van der Waals surface area contributed by atoms with E-state index in [1.54, 1.807) is 0 Å². The fourth-order valence-electron chi connectivity index (χ4n) is 1.65. The lowest BCUT2D eigenvalue weighted by Gasteiger charge is -2.32. The highest BCUT2D eigenvalue weighted by molar-refractivity contribution is 5.83. The third kappa shape index (κ3) is 1.32. The molecule has 4 heteroatoms. The molecule has 0 bridgehead atoms. The highest BCUT2D eigenvalue weighted by atomic mass is 16.3. The van der Waals surface area contributed by atoms with Crippen LogP contribution in [0, 0.1) is 0 Å². The summed E-state index contributed by atoms with van der Waals surface area (Å²) in [5.74, 6) is 0.0752. The number of amides is 1. The third-order valence-corrected chi connectivity index (χ3v) is 2.49. The van der Waals surface area contributed by atoms with Crippen LogP contribution in [0.4, 0.5) is 0 Å². The van der Waals surface area contributed by atoms with E-state index in [9.17, 15) is 4.79 Å². The van der Waals surface area contributed by atoms with Gasteiger partial charge in [-0.25, -0.2) is 0 Å². The summed E-state index contributed by atoms with van der Waals surface area (Å²) in [6.07, 6.45) is 2.29. The molecular formula is C8H14N2O2. The zero-order valence-electron chi connectivity index (χ0n) is 6.99. The van der Waals surface area contributed by atoms with Crippen LogP contribution in [-0.4, -0.2) is 47.7 Å². The Morgan fingerprint density at radius 3 is 2.92 bits per heavy atom. The van der Waals surface area contributed by atoms with Crippen molar-refractivity contribution >= 4 is 5.91 Å². The monoisotopic (exact) mass is 170 g/mol. The van der Waals surface area contributed by atoms with Crippen LogP contribution in [0.3, 0.4) is 0 Å². The van der Waals surface area contributed by atoms with Gasteiger partial charge in [-0.3, -0.25) is 4.79 Å². The first kappa shape index (κ1) is 8.01. The minimum absolute atomic E-state index is 0.0752. The van der Waals surface area contributed by atoms with Crippen LogP contribution in [0.25, 0.3) is 0 Å². The van der Waals surface area contributed by atoms with Gasteiger partial charge in [-0.2, -0.15) is 0 Å².